The van der Waals surface area contributed by atoms with Crippen LogP contribution in [-0.2, 0) is 11.4 Å². The van der Waals surface area contributed by atoms with E-state index in [0.29, 0.717) is 20.5 Å². The van der Waals surface area contributed by atoms with E-state index < -0.39 is 0 Å². The van der Waals surface area contributed by atoms with Gasteiger partial charge >= 0.3 is 0 Å². The van der Waals surface area contributed by atoms with Crippen molar-refractivity contribution in [1.29, 1.82) is 5.26 Å². The zero-order valence-corrected chi connectivity index (χ0v) is 19.6. The van der Waals surface area contributed by atoms with Crippen LogP contribution in [0.25, 0.3) is 16.8 Å². The highest BCUT2D eigenvalue weighted by Gasteiger charge is 2.33. The van der Waals surface area contributed by atoms with Crippen LogP contribution in [0.3, 0.4) is 0 Å². The molecule has 1 heterocycles. The molecular formula is C28H18N2O2S2. The fourth-order valence-corrected chi connectivity index (χ4v) is 5.14. The number of nitriles is 1. The van der Waals surface area contributed by atoms with Crippen molar-refractivity contribution in [1.82, 2.24) is 0 Å². The maximum absolute atomic E-state index is 13.3. The molecule has 0 aliphatic carbocycles. The molecule has 0 spiro atoms. The summed E-state index contributed by atoms with van der Waals surface area (Å²) in [6.07, 6.45) is 1.86. The number of hydrogen-bond acceptors (Lipinski definition) is 5. The number of amides is 1. The average molecular weight is 479 g/mol. The van der Waals surface area contributed by atoms with Crippen molar-refractivity contribution >= 4 is 56.7 Å². The topological polar surface area (TPSA) is 53.3 Å². The molecule has 0 unspecified atom stereocenters. The molecule has 0 saturated carbocycles. The van der Waals surface area contributed by atoms with E-state index in [2.05, 4.69) is 6.07 Å². The van der Waals surface area contributed by atoms with Gasteiger partial charge in [-0.25, -0.2) is 0 Å². The second-order valence-electron chi connectivity index (χ2n) is 7.61. The Bertz CT molecular complexity index is 1490. The number of nitrogens with zero attached hydrogens (tertiary/aromatic N) is 2. The van der Waals surface area contributed by atoms with E-state index in [4.69, 9.17) is 17.0 Å². The van der Waals surface area contributed by atoms with Gasteiger partial charge in [0.1, 0.15) is 12.4 Å². The second-order valence-corrected chi connectivity index (χ2v) is 9.28. The lowest BCUT2D eigenvalue weighted by molar-refractivity contribution is -0.113. The largest absolute Gasteiger partial charge is 0.488 e. The summed E-state index contributed by atoms with van der Waals surface area (Å²) in [5.41, 5.74) is 2.94. The Morgan fingerprint density at radius 1 is 0.941 bits per heavy atom. The lowest BCUT2D eigenvalue weighted by Crippen LogP contribution is -2.27. The number of carbonyl (C=O) groups excluding carboxylic acids is 1. The Kier molecular flexibility index (Phi) is 6.13. The second kappa shape index (κ2) is 9.52. The molecule has 164 valence electrons. The predicted octanol–water partition coefficient (Wildman–Crippen LogP) is 6.70. The number of hydrogen-bond donors (Lipinski definition) is 0. The smallest absolute Gasteiger partial charge is 0.270 e. The minimum atomic E-state index is -0.157. The minimum absolute atomic E-state index is 0.157. The van der Waals surface area contributed by atoms with Crippen LogP contribution in [0.5, 0.6) is 5.75 Å². The normalized spacial score (nSPS) is 14.6. The Hall–Kier alpha value is -3.92. The molecule has 1 aliphatic heterocycles. The number of thioether (sulfide) groups is 1. The summed E-state index contributed by atoms with van der Waals surface area (Å²) in [4.78, 5) is 15.4. The van der Waals surface area contributed by atoms with Crippen molar-refractivity contribution in [2.45, 2.75) is 6.61 Å². The molecule has 1 fully saturated rings. The Balaban J connectivity index is 1.55. The van der Waals surface area contributed by atoms with E-state index in [-0.39, 0.29) is 12.5 Å². The summed E-state index contributed by atoms with van der Waals surface area (Å²) in [7, 11) is 0. The van der Waals surface area contributed by atoms with Gasteiger partial charge in [-0.3, -0.25) is 9.69 Å². The number of rotatable bonds is 5. The minimum Gasteiger partial charge on any atom is -0.488 e. The van der Waals surface area contributed by atoms with Gasteiger partial charge in [0.25, 0.3) is 5.91 Å². The fourth-order valence-electron chi connectivity index (χ4n) is 3.86. The van der Waals surface area contributed by atoms with Crippen molar-refractivity contribution in [2.75, 3.05) is 4.90 Å². The van der Waals surface area contributed by atoms with Crippen molar-refractivity contribution in [3.8, 4) is 11.8 Å². The molecule has 0 atom stereocenters. The molecular weight excluding hydrogens is 460 g/mol. The molecule has 1 aliphatic rings. The summed E-state index contributed by atoms with van der Waals surface area (Å²) in [6.45, 7) is 0.244. The summed E-state index contributed by atoms with van der Waals surface area (Å²) in [5, 5.41) is 11.4. The summed E-state index contributed by atoms with van der Waals surface area (Å²) in [6, 6.07) is 30.8. The van der Waals surface area contributed by atoms with E-state index in [0.717, 1.165) is 27.6 Å². The lowest BCUT2D eigenvalue weighted by atomic mass is 10.0. The Morgan fingerprint density at radius 2 is 1.68 bits per heavy atom. The van der Waals surface area contributed by atoms with Crippen LogP contribution in [0.2, 0.25) is 0 Å². The van der Waals surface area contributed by atoms with E-state index in [1.807, 2.05) is 91.0 Å². The van der Waals surface area contributed by atoms with Gasteiger partial charge in [0.05, 0.1) is 22.2 Å². The molecule has 4 nitrogen and oxygen atoms in total. The molecule has 4 aromatic rings. The zero-order valence-electron chi connectivity index (χ0n) is 18.0. The van der Waals surface area contributed by atoms with Crippen LogP contribution in [0.1, 0.15) is 16.7 Å². The molecule has 0 bridgehead atoms. The SMILES string of the molecule is N#Cc1ccccc1COc1ccc2ccccc2c1/C=C1/SC(=S)N(c2ccccc2)C1=O. The highest BCUT2D eigenvalue weighted by molar-refractivity contribution is 8.27. The van der Waals surface area contributed by atoms with Crippen LogP contribution in [0.15, 0.2) is 95.9 Å². The molecule has 1 saturated heterocycles. The standard InChI is InChI=1S/C28H18N2O2S2/c29-17-20-9-4-5-10-21(20)18-32-25-15-14-19-8-6-7-13-23(19)24(25)16-26-27(31)30(28(33)34-26)22-11-2-1-3-12-22/h1-16H,18H2/b26-16+. The van der Waals surface area contributed by atoms with Crippen molar-refractivity contribution in [2.24, 2.45) is 0 Å². The molecule has 0 radical (unpaired) electrons. The molecule has 1 amide bonds. The quantitative estimate of drug-likeness (QED) is 0.236. The molecule has 34 heavy (non-hydrogen) atoms. The van der Waals surface area contributed by atoms with Crippen molar-refractivity contribution < 1.29 is 9.53 Å². The van der Waals surface area contributed by atoms with Gasteiger partial charge in [-0.2, -0.15) is 5.26 Å². The van der Waals surface area contributed by atoms with Crippen LogP contribution in [0.4, 0.5) is 5.69 Å². The van der Waals surface area contributed by atoms with E-state index >= 15 is 0 Å². The number of para-hydroxylation sites is 1. The van der Waals surface area contributed by atoms with Gasteiger partial charge < -0.3 is 4.74 Å². The number of fused-ring (bicyclic) bond motifs is 1. The Labute approximate surface area is 207 Å². The monoisotopic (exact) mass is 478 g/mol. The average Bonchev–Trinajstić information content (AvgIpc) is 3.16. The van der Waals surface area contributed by atoms with Gasteiger partial charge in [0.15, 0.2) is 4.32 Å². The first-order valence-corrected chi connectivity index (χ1v) is 11.8. The first kappa shape index (κ1) is 21.9. The first-order valence-electron chi connectivity index (χ1n) is 10.6. The summed E-state index contributed by atoms with van der Waals surface area (Å²) in [5.74, 6) is 0.478. The molecule has 4 aromatic carbocycles. The third-order valence-corrected chi connectivity index (χ3v) is 6.84. The van der Waals surface area contributed by atoms with Gasteiger partial charge in [0, 0.05) is 11.1 Å². The van der Waals surface area contributed by atoms with Crippen LogP contribution in [-0.4, -0.2) is 10.2 Å². The summed E-state index contributed by atoms with van der Waals surface area (Å²) >= 11 is 6.81. The predicted molar refractivity (Wildman–Crippen MR) is 142 cm³/mol. The molecule has 5 rings (SSSR count). The highest BCUT2D eigenvalue weighted by atomic mass is 32.2. The number of carbonyl (C=O) groups is 1. The van der Waals surface area contributed by atoms with Gasteiger partial charge in [-0.1, -0.05) is 90.7 Å². The van der Waals surface area contributed by atoms with E-state index in [1.165, 1.54) is 11.8 Å². The van der Waals surface area contributed by atoms with E-state index in [1.54, 1.807) is 11.0 Å². The number of thiocarbonyl (C=S) groups is 1. The zero-order chi connectivity index (χ0) is 23.5. The Morgan fingerprint density at radius 3 is 2.50 bits per heavy atom. The first-order chi connectivity index (χ1) is 16.7. The maximum Gasteiger partial charge on any atom is 0.270 e. The summed E-state index contributed by atoms with van der Waals surface area (Å²) < 4.78 is 6.69. The third kappa shape index (κ3) is 4.19. The highest BCUT2D eigenvalue weighted by Crippen LogP contribution is 2.39. The van der Waals surface area contributed by atoms with Crippen LogP contribution in [0, 0.1) is 11.3 Å². The number of ether oxygens (including phenoxy) is 1. The fraction of sp³-hybridized carbons (Fsp3) is 0.0357. The van der Waals surface area contributed by atoms with Gasteiger partial charge in [0.2, 0.25) is 0 Å². The van der Waals surface area contributed by atoms with E-state index in [9.17, 15) is 10.1 Å². The van der Waals surface area contributed by atoms with Crippen LogP contribution < -0.4 is 9.64 Å². The number of benzene rings is 4. The lowest BCUT2D eigenvalue weighted by Gasteiger charge is -2.14. The van der Waals surface area contributed by atoms with Gasteiger partial charge in [-0.15, -0.1) is 0 Å². The molecule has 0 aromatic heterocycles. The molecule has 6 heteroatoms. The molecule has 0 N–H and O–H groups in total. The number of anilines is 1. The third-order valence-electron chi connectivity index (χ3n) is 5.54. The maximum atomic E-state index is 13.3. The van der Waals surface area contributed by atoms with Crippen LogP contribution >= 0.6 is 24.0 Å². The van der Waals surface area contributed by atoms with Crippen molar-refractivity contribution in [3.05, 3.63) is 113 Å². The van der Waals surface area contributed by atoms with Crippen molar-refractivity contribution in [3.63, 3.8) is 0 Å². The van der Waals surface area contributed by atoms with Gasteiger partial charge in [-0.05, 0) is 41.1 Å².